The van der Waals surface area contributed by atoms with E-state index in [4.69, 9.17) is 5.73 Å². The fourth-order valence-corrected chi connectivity index (χ4v) is 4.06. The van der Waals surface area contributed by atoms with Gasteiger partial charge in [0, 0.05) is 0 Å². The van der Waals surface area contributed by atoms with Crippen LogP contribution in [0.1, 0.15) is 13.3 Å². The average Bonchev–Trinajstić information content (AvgIpc) is 2.25. The molecule has 2 atom stereocenters. The van der Waals surface area contributed by atoms with Crippen molar-refractivity contribution in [3.8, 4) is 0 Å². The smallest absolute Gasteiger partial charge is 0.150 e. The number of rotatable bonds is 2. The zero-order chi connectivity index (χ0) is 8.48. The lowest BCUT2D eigenvalue weighted by molar-refractivity contribution is 0.417. The normalized spacial score (nSPS) is 35.8. The molecule has 0 aromatic heterocycles. The topological polar surface area (TPSA) is 60.2 Å². The molecule has 1 heterocycles. The maximum absolute atomic E-state index is 11.1. The SMILES string of the molecule is CCC1CS(=O)(=O)CC1CN. The number of sulfone groups is 1. The van der Waals surface area contributed by atoms with Gasteiger partial charge in [-0.15, -0.1) is 0 Å². The van der Waals surface area contributed by atoms with Crippen molar-refractivity contribution in [3.63, 3.8) is 0 Å². The molecule has 0 bridgehead atoms. The van der Waals surface area contributed by atoms with Gasteiger partial charge in [-0.2, -0.15) is 0 Å². The molecule has 0 aromatic carbocycles. The van der Waals surface area contributed by atoms with Gasteiger partial charge in [0.2, 0.25) is 0 Å². The molecule has 0 radical (unpaired) electrons. The van der Waals surface area contributed by atoms with E-state index < -0.39 is 9.84 Å². The molecule has 0 saturated carbocycles. The predicted molar refractivity (Wildman–Crippen MR) is 45.0 cm³/mol. The molecule has 0 spiro atoms. The van der Waals surface area contributed by atoms with Crippen molar-refractivity contribution in [1.29, 1.82) is 0 Å². The number of nitrogens with two attached hydrogens (primary N) is 1. The molecule has 1 saturated heterocycles. The van der Waals surface area contributed by atoms with Crippen molar-refractivity contribution in [2.45, 2.75) is 13.3 Å². The molecule has 0 aliphatic carbocycles. The second-order valence-corrected chi connectivity index (χ2v) is 5.39. The molecular weight excluding hydrogens is 162 g/mol. The van der Waals surface area contributed by atoms with Gasteiger partial charge in [-0.1, -0.05) is 13.3 Å². The Bertz CT molecular complexity index is 205. The fraction of sp³-hybridized carbons (Fsp3) is 1.00. The summed E-state index contributed by atoms with van der Waals surface area (Å²) < 4.78 is 22.2. The van der Waals surface area contributed by atoms with Gasteiger partial charge in [-0.25, -0.2) is 8.42 Å². The summed E-state index contributed by atoms with van der Waals surface area (Å²) in [6.45, 7) is 2.53. The Hall–Kier alpha value is -0.0900. The van der Waals surface area contributed by atoms with E-state index >= 15 is 0 Å². The van der Waals surface area contributed by atoms with E-state index in [1.54, 1.807) is 0 Å². The highest BCUT2D eigenvalue weighted by atomic mass is 32.2. The third kappa shape index (κ3) is 1.93. The van der Waals surface area contributed by atoms with Crippen molar-refractivity contribution in [1.82, 2.24) is 0 Å². The van der Waals surface area contributed by atoms with E-state index in [9.17, 15) is 8.42 Å². The van der Waals surface area contributed by atoms with Crippen molar-refractivity contribution in [2.24, 2.45) is 17.6 Å². The van der Waals surface area contributed by atoms with E-state index in [0.717, 1.165) is 6.42 Å². The highest BCUT2D eigenvalue weighted by molar-refractivity contribution is 7.91. The molecule has 1 rings (SSSR count). The summed E-state index contributed by atoms with van der Waals surface area (Å²) in [4.78, 5) is 0. The average molecular weight is 177 g/mol. The van der Waals surface area contributed by atoms with Gasteiger partial charge in [-0.05, 0) is 18.4 Å². The molecule has 3 nitrogen and oxygen atoms in total. The van der Waals surface area contributed by atoms with Crippen LogP contribution in [0.4, 0.5) is 0 Å². The molecular formula is C7H15NO2S. The first-order chi connectivity index (χ1) is 5.09. The van der Waals surface area contributed by atoms with Crippen LogP contribution >= 0.6 is 0 Å². The van der Waals surface area contributed by atoms with Gasteiger partial charge in [0.05, 0.1) is 11.5 Å². The third-order valence-corrected chi connectivity index (χ3v) is 4.30. The minimum atomic E-state index is -2.75. The second-order valence-electron chi connectivity index (χ2n) is 3.24. The summed E-state index contributed by atoms with van der Waals surface area (Å²) >= 11 is 0. The van der Waals surface area contributed by atoms with Crippen LogP contribution in [0.2, 0.25) is 0 Å². The lowest BCUT2D eigenvalue weighted by atomic mass is 9.94. The quantitative estimate of drug-likeness (QED) is 0.646. The van der Waals surface area contributed by atoms with Gasteiger partial charge in [0.1, 0.15) is 0 Å². The van der Waals surface area contributed by atoms with Crippen LogP contribution < -0.4 is 5.73 Å². The molecule has 4 heteroatoms. The predicted octanol–water partition coefficient (Wildman–Crippen LogP) is 0.0159. The zero-order valence-electron chi connectivity index (χ0n) is 6.79. The Balaban J connectivity index is 2.70. The molecule has 1 aliphatic rings. The van der Waals surface area contributed by atoms with Crippen LogP contribution in [0.15, 0.2) is 0 Å². The molecule has 1 aliphatic heterocycles. The standard InChI is InChI=1S/C7H15NO2S/c1-2-6-4-11(9,10)5-7(6)3-8/h6-7H,2-5,8H2,1H3. The highest BCUT2D eigenvalue weighted by Crippen LogP contribution is 2.26. The number of hydrogen-bond donors (Lipinski definition) is 1. The molecule has 66 valence electrons. The Morgan fingerprint density at radius 1 is 1.36 bits per heavy atom. The fourth-order valence-electron chi connectivity index (χ4n) is 1.70. The minimum Gasteiger partial charge on any atom is -0.330 e. The lowest BCUT2D eigenvalue weighted by Crippen LogP contribution is -2.21. The molecule has 2 unspecified atom stereocenters. The zero-order valence-corrected chi connectivity index (χ0v) is 7.60. The maximum atomic E-state index is 11.1. The monoisotopic (exact) mass is 177 g/mol. The van der Waals surface area contributed by atoms with Crippen molar-refractivity contribution in [2.75, 3.05) is 18.1 Å². The largest absolute Gasteiger partial charge is 0.330 e. The lowest BCUT2D eigenvalue weighted by Gasteiger charge is -2.12. The van der Waals surface area contributed by atoms with Crippen LogP contribution in [0, 0.1) is 11.8 Å². The van der Waals surface area contributed by atoms with Crippen LogP contribution in [0.3, 0.4) is 0 Å². The second kappa shape index (κ2) is 3.11. The van der Waals surface area contributed by atoms with E-state index in [1.807, 2.05) is 6.92 Å². The van der Waals surface area contributed by atoms with Crippen molar-refractivity contribution < 1.29 is 8.42 Å². The van der Waals surface area contributed by atoms with Crippen LogP contribution in [0.25, 0.3) is 0 Å². The Morgan fingerprint density at radius 3 is 2.27 bits per heavy atom. The Labute approximate surface area is 67.9 Å². The van der Waals surface area contributed by atoms with E-state index in [-0.39, 0.29) is 5.92 Å². The van der Waals surface area contributed by atoms with Crippen LogP contribution in [-0.2, 0) is 9.84 Å². The minimum absolute atomic E-state index is 0.213. The summed E-state index contributed by atoms with van der Waals surface area (Å²) in [6, 6.07) is 0. The summed E-state index contributed by atoms with van der Waals surface area (Å²) in [5.41, 5.74) is 5.46. The first-order valence-corrected chi connectivity index (χ1v) is 5.81. The summed E-state index contributed by atoms with van der Waals surface area (Å²) in [6.07, 6.45) is 0.932. The summed E-state index contributed by atoms with van der Waals surface area (Å²) in [5, 5.41) is 0. The van der Waals surface area contributed by atoms with Gasteiger partial charge in [-0.3, -0.25) is 0 Å². The molecule has 0 amide bonds. The first-order valence-electron chi connectivity index (χ1n) is 3.99. The van der Waals surface area contributed by atoms with E-state index in [2.05, 4.69) is 0 Å². The Kier molecular flexibility index (Phi) is 2.54. The number of hydrogen-bond acceptors (Lipinski definition) is 3. The molecule has 2 N–H and O–H groups in total. The molecule has 0 aromatic rings. The maximum Gasteiger partial charge on any atom is 0.150 e. The molecule has 11 heavy (non-hydrogen) atoms. The van der Waals surface area contributed by atoms with Gasteiger partial charge in [0.15, 0.2) is 9.84 Å². The highest BCUT2D eigenvalue weighted by Gasteiger charge is 2.35. The first kappa shape index (κ1) is 9.00. The van der Waals surface area contributed by atoms with Crippen LogP contribution in [0.5, 0.6) is 0 Å². The van der Waals surface area contributed by atoms with Crippen molar-refractivity contribution >= 4 is 9.84 Å². The van der Waals surface area contributed by atoms with Gasteiger partial charge < -0.3 is 5.73 Å². The van der Waals surface area contributed by atoms with Gasteiger partial charge in [0.25, 0.3) is 0 Å². The molecule has 1 fully saturated rings. The van der Waals surface area contributed by atoms with Crippen molar-refractivity contribution in [3.05, 3.63) is 0 Å². The summed E-state index contributed by atoms with van der Waals surface area (Å²) in [7, 11) is -2.75. The summed E-state index contributed by atoms with van der Waals surface area (Å²) in [5.74, 6) is 1.18. The van der Waals surface area contributed by atoms with E-state index in [0.29, 0.717) is 24.0 Å². The van der Waals surface area contributed by atoms with E-state index in [1.165, 1.54) is 0 Å². The van der Waals surface area contributed by atoms with Crippen LogP contribution in [-0.4, -0.2) is 26.5 Å². The third-order valence-electron chi connectivity index (χ3n) is 2.43. The Morgan fingerprint density at radius 2 is 1.91 bits per heavy atom. The van der Waals surface area contributed by atoms with Gasteiger partial charge >= 0.3 is 0 Å².